The molecule has 0 radical (unpaired) electrons. The summed E-state index contributed by atoms with van der Waals surface area (Å²) in [4.78, 5) is 42.8. The molecular formula is C32H44N6O6S. The summed E-state index contributed by atoms with van der Waals surface area (Å²) in [5.41, 5.74) is 6.21. The van der Waals surface area contributed by atoms with Crippen LogP contribution in [0, 0.1) is 5.92 Å². The molecule has 0 saturated carbocycles. The van der Waals surface area contributed by atoms with Crippen LogP contribution in [0.3, 0.4) is 0 Å². The van der Waals surface area contributed by atoms with Crippen molar-refractivity contribution in [1.29, 1.82) is 0 Å². The van der Waals surface area contributed by atoms with Gasteiger partial charge in [0.05, 0.1) is 24.1 Å². The molecule has 0 aliphatic carbocycles. The summed E-state index contributed by atoms with van der Waals surface area (Å²) in [6.45, 7) is 8.71. The van der Waals surface area contributed by atoms with Gasteiger partial charge in [-0.25, -0.2) is 4.98 Å². The Kier molecular flexibility index (Phi) is 12.2. The number of nitrogens with one attached hydrogen (secondary N) is 3. The molecule has 0 bridgehead atoms. The third kappa shape index (κ3) is 11.2. The van der Waals surface area contributed by atoms with Crippen molar-refractivity contribution in [2.45, 2.75) is 71.2 Å². The Labute approximate surface area is 265 Å². The molecule has 0 spiro atoms. The van der Waals surface area contributed by atoms with Crippen molar-refractivity contribution in [2.24, 2.45) is 11.7 Å². The fourth-order valence-corrected chi connectivity index (χ4v) is 6.46. The van der Waals surface area contributed by atoms with Crippen LogP contribution >= 0.6 is 0 Å². The molecule has 0 aliphatic heterocycles. The normalized spacial score (nSPS) is 14.2. The van der Waals surface area contributed by atoms with E-state index in [1.165, 1.54) is 10.4 Å². The van der Waals surface area contributed by atoms with Gasteiger partial charge in [-0.15, -0.1) is 0 Å². The van der Waals surface area contributed by atoms with Crippen molar-refractivity contribution in [2.75, 3.05) is 13.1 Å². The number of carbonyl (C=O) groups is 3. The van der Waals surface area contributed by atoms with Crippen LogP contribution in [0.25, 0.3) is 10.9 Å². The van der Waals surface area contributed by atoms with E-state index in [0.29, 0.717) is 5.52 Å². The number of fused-ring (bicyclic) bond motifs is 1. The summed E-state index contributed by atoms with van der Waals surface area (Å²) >= 11 is 0. The minimum atomic E-state index is -3.99. The predicted octanol–water partition coefficient (Wildman–Crippen LogP) is 1.89. The van der Waals surface area contributed by atoms with Crippen molar-refractivity contribution >= 4 is 38.8 Å². The van der Waals surface area contributed by atoms with Crippen molar-refractivity contribution < 1.29 is 27.9 Å². The van der Waals surface area contributed by atoms with Crippen LogP contribution in [0.4, 0.5) is 0 Å². The first-order chi connectivity index (χ1) is 21.0. The first kappa shape index (κ1) is 35.6. The predicted molar refractivity (Wildman–Crippen MR) is 173 cm³/mol. The highest BCUT2D eigenvalue weighted by molar-refractivity contribution is 7.87. The summed E-state index contributed by atoms with van der Waals surface area (Å²) < 4.78 is 30.3. The quantitative estimate of drug-likeness (QED) is 0.168. The molecule has 13 heteroatoms. The fraction of sp³-hybridized carbons (Fsp3) is 0.438. The molecule has 0 saturated heterocycles. The van der Waals surface area contributed by atoms with Crippen LogP contribution in [0.5, 0.6) is 0 Å². The number of hydrogen-bond donors (Lipinski definition) is 5. The molecule has 3 atom stereocenters. The second kappa shape index (κ2) is 15.4. The summed E-state index contributed by atoms with van der Waals surface area (Å²) in [5, 5.41) is 17.4. The highest BCUT2D eigenvalue weighted by atomic mass is 32.2. The number of nitrogens with zero attached hydrogens (tertiary/aromatic N) is 2. The van der Waals surface area contributed by atoms with E-state index in [1.54, 1.807) is 39.0 Å². The van der Waals surface area contributed by atoms with Crippen molar-refractivity contribution in [3.05, 3.63) is 78.0 Å². The highest BCUT2D eigenvalue weighted by Crippen LogP contribution is 2.15. The van der Waals surface area contributed by atoms with Gasteiger partial charge in [0.2, 0.25) is 11.8 Å². The lowest BCUT2D eigenvalue weighted by Crippen LogP contribution is -2.56. The third-order valence-corrected chi connectivity index (χ3v) is 8.56. The second-order valence-electron chi connectivity index (χ2n) is 12.5. The van der Waals surface area contributed by atoms with Gasteiger partial charge in [0.15, 0.2) is 0 Å². The highest BCUT2D eigenvalue weighted by Gasteiger charge is 2.33. The number of pyridine rings is 1. The molecule has 1 heterocycles. The Hall–Kier alpha value is -3.91. The summed E-state index contributed by atoms with van der Waals surface area (Å²) in [7, 11) is -3.99. The number of aliphatic hydroxyl groups is 1. The number of primary amides is 1. The zero-order chi connectivity index (χ0) is 33.4. The molecular weight excluding hydrogens is 596 g/mol. The minimum Gasteiger partial charge on any atom is -0.390 e. The molecule has 0 fully saturated rings. The molecule has 2 aromatic carbocycles. The molecule has 0 aliphatic rings. The monoisotopic (exact) mass is 640 g/mol. The van der Waals surface area contributed by atoms with Crippen LogP contribution in [-0.2, 0) is 26.2 Å². The Morgan fingerprint density at radius 2 is 1.58 bits per heavy atom. The molecule has 3 amide bonds. The standard InChI is InChI=1S/C32H44N6O6S/c1-21(2)19-38(45(43,44)37-32(3,4)5)20-28(39)26(17-22-11-7-6-8-12-22)35-29(40)18-27(30(33)41)36-31(42)25-16-15-23-13-9-10-14-24(23)34-25/h6-16,21,26-28,37,39H,17-20H2,1-5H3,(H2,33,41)(H,35,40)(H,36,42)/t26-,27-,28+/m0/s1. The number of carbonyl (C=O) groups excluding carboxylic acids is 3. The first-order valence-corrected chi connectivity index (χ1v) is 16.2. The van der Waals surface area contributed by atoms with E-state index >= 15 is 0 Å². The number of nitrogens with two attached hydrogens (primary N) is 1. The van der Waals surface area contributed by atoms with E-state index in [9.17, 15) is 27.9 Å². The van der Waals surface area contributed by atoms with Gasteiger partial charge in [-0.05, 0) is 50.8 Å². The molecule has 45 heavy (non-hydrogen) atoms. The lowest BCUT2D eigenvalue weighted by molar-refractivity contribution is -0.127. The maximum absolute atomic E-state index is 13.3. The van der Waals surface area contributed by atoms with Gasteiger partial charge in [0, 0.05) is 24.0 Å². The SMILES string of the molecule is CC(C)CN(C[C@@H](O)[C@H](Cc1ccccc1)NC(=O)C[C@H](NC(=O)c1ccc2ccccc2n1)C(N)=O)S(=O)(=O)NC(C)(C)C. The van der Waals surface area contributed by atoms with E-state index in [2.05, 4.69) is 20.3 Å². The molecule has 0 unspecified atom stereocenters. The fourth-order valence-electron chi connectivity index (χ4n) is 4.72. The largest absolute Gasteiger partial charge is 0.390 e. The van der Waals surface area contributed by atoms with Crippen LogP contribution < -0.4 is 21.1 Å². The average molecular weight is 641 g/mol. The number of benzene rings is 2. The van der Waals surface area contributed by atoms with Gasteiger partial charge in [0.25, 0.3) is 16.1 Å². The summed E-state index contributed by atoms with van der Waals surface area (Å²) in [6, 6.07) is 17.2. The minimum absolute atomic E-state index is 0.0482. The Bertz CT molecular complexity index is 1580. The van der Waals surface area contributed by atoms with Crippen molar-refractivity contribution in [1.82, 2.24) is 24.6 Å². The Morgan fingerprint density at radius 1 is 0.933 bits per heavy atom. The van der Waals surface area contributed by atoms with Crippen LogP contribution in [0.15, 0.2) is 66.7 Å². The Balaban J connectivity index is 1.78. The van der Waals surface area contributed by atoms with Gasteiger partial charge >= 0.3 is 0 Å². The lowest BCUT2D eigenvalue weighted by Gasteiger charge is -2.33. The average Bonchev–Trinajstić information content (AvgIpc) is 2.94. The first-order valence-electron chi connectivity index (χ1n) is 14.8. The van der Waals surface area contributed by atoms with Crippen LogP contribution in [0.2, 0.25) is 0 Å². The number of rotatable bonds is 15. The molecule has 244 valence electrons. The van der Waals surface area contributed by atoms with Gasteiger partial charge in [-0.1, -0.05) is 68.4 Å². The second-order valence-corrected chi connectivity index (χ2v) is 14.2. The number of para-hydroxylation sites is 1. The number of aliphatic hydroxyl groups excluding tert-OH is 1. The smallest absolute Gasteiger partial charge is 0.280 e. The van der Waals surface area contributed by atoms with E-state index in [0.717, 1.165) is 10.9 Å². The maximum Gasteiger partial charge on any atom is 0.280 e. The molecule has 12 nitrogen and oxygen atoms in total. The van der Waals surface area contributed by atoms with Crippen molar-refractivity contribution in [3.63, 3.8) is 0 Å². The molecule has 3 rings (SSSR count). The van der Waals surface area contributed by atoms with Gasteiger partial charge in [0.1, 0.15) is 11.7 Å². The topological polar surface area (TPSA) is 184 Å². The van der Waals surface area contributed by atoms with E-state index in [4.69, 9.17) is 5.73 Å². The zero-order valence-electron chi connectivity index (χ0n) is 26.4. The van der Waals surface area contributed by atoms with E-state index < -0.39 is 58.1 Å². The van der Waals surface area contributed by atoms with Crippen LogP contribution in [-0.4, -0.2) is 77.4 Å². The van der Waals surface area contributed by atoms with E-state index in [1.807, 2.05) is 56.3 Å². The van der Waals surface area contributed by atoms with Gasteiger partial charge in [-0.2, -0.15) is 17.4 Å². The van der Waals surface area contributed by atoms with Gasteiger partial charge in [-0.3, -0.25) is 14.4 Å². The number of hydrogen-bond acceptors (Lipinski definition) is 7. The number of aromatic nitrogens is 1. The van der Waals surface area contributed by atoms with E-state index in [-0.39, 0.29) is 31.1 Å². The van der Waals surface area contributed by atoms with Crippen LogP contribution in [0.1, 0.15) is 57.1 Å². The van der Waals surface area contributed by atoms with Crippen molar-refractivity contribution in [3.8, 4) is 0 Å². The molecule has 1 aromatic heterocycles. The third-order valence-electron chi connectivity index (χ3n) is 6.71. The van der Waals surface area contributed by atoms with Gasteiger partial charge < -0.3 is 21.5 Å². The molecule has 3 aromatic rings. The molecule has 6 N–H and O–H groups in total. The summed E-state index contributed by atoms with van der Waals surface area (Å²) in [6.07, 6.45) is -1.66. The lowest BCUT2D eigenvalue weighted by atomic mass is 10.00. The Morgan fingerprint density at radius 3 is 2.20 bits per heavy atom. The maximum atomic E-state index is 13.3. The summed E-state index contributed by atoms with van der Waals surface area (Å²) in [5.74, 6) is -2.33. The number of amides is 3. The zero-order valence-corrected chi connectivity index (χ0v) is 27.2.